The average Bonchev–Trinajstić information content (AvgIpc) is 2.93. The SMILES string of the molecule is CCCCCCCCN1C=CN(C)C1.O=S(=O)(O)C(F)(F)F.O=S(=O)(O)C(F)(F)F. The standard InChI is InChI=1S/C12H24N2.2CHF3O3S/c1-3-4-5-6-7-8-9-14-11-10-13(2)12-14;2*2-1(3,4)8(5,6)7/h10-11H,3-9,12H2,1-2H3;2*(H,5,6,7). The zero-order valence-corrected chi connectivity index (χ0v) is 18.0. The minimum Gasteiger partial charge on any atom is -0.362 e. The van der Waals surface area contributed by atoms with E-state index in [9.17, 15) is 26.3 Å². The number of hydrogen-bond acceptors (Lipinski definition) is 6. The maximum atomic E-state index is 10.7. The molecule has 0 bridgehead atoms. The highest BCUT2D eigenvalue weighted by atomic mass is 32.2. The molecule has 0 aromatic carbocycles. The molecule has 0 saturated heterocycles. The van der Waals surface area contributed by atoms with Gasteiger partial charge in [0.15, 0.2) is 0 Å². The second-order valence-electron chi connectivity index (χ2n) is 6.12. The summed E-state index contributed by atoms with van der Waals surface area (Å²) in [4.78, 5) is 4.61. The van der Waals surface area contributed by atoms with Gasteiger partial charge in [0, 0.05) is 26.0 Å². The Morgan fingerprint density at radius 2 is 1.17 bits per heavy atom. The Labute approximate surface area is 172 Å². The summed E-state index contributed by atoms with van der Waals surface area (Å²) in [6, 6.07) is 0. The third-order valence-electron chi connectivity index (χ3n) is 3.32. The molecule has 1 aliphatic rings. The number of nitrogens with zero attached hydrogens (tertiary/aromatic N) is 2. The number of unbranched alkanes of at least 4 members (excludes halogenated alkanes) is 5. The summed E-state index contributed by atoms with van der Waals surface area (Å²) in [6.45, 7) is 4.58. The third-order valence-corrected chi connectivity index (χ3v) is 4.49. The second kappa shape index (κ2) is 13.2. The summed E-state index contributed by atoms with van der Waals surface area (Å²) in [5.74, 6) is 0. The van der Waals surface area contributed by atoms with Crippen molar-refractivity contribution in [2.24, 2.45) is 0 Å². The predicted molar refractivity (Wildman–Crippen MR) is 97.1 cm³/mol. The van der Waals surface area contributed by atoms with Crippen molar-refractivity contribution in [3.05, 3.63) is 12.4 Å². The van der Waals surface area contributed by atoms with Gasteiger partial charge in [0.2, 0.25) is 0 Å². The molecule has 2 N–H and O–H groups in total. The van der Waals surface area contributed by atoms with Crippen LogP contribution in [0.5, 0.6) is 0 Å². The van der Waals surface area contributed by atoms with Crippen LogP contribution in [0.2, 0.25) is 0 Å². The second-order valence-corrected chi connectivity index (χ2v) is 8.94. The van der Waals surface area contributed by atoms with Crippen LogP contribution >= 0.6 is 0 Å². The lowest BCUT2D eigenvalue weighted by Gasteiger charge is -2.17. The highest BCUT2D eigenvalue weighted by Gasteiger charge is 2.45. The van der Waals surface area contributed by atoms with Crippen LogP contribution in [-0.4, -0.2) is 67.0 Å². The molecule has 16 heteroatoms. The van der Waals surface area contributed by atoms with Crippen LogP contribution in [0, 0.1) is 0 Å². The van der Waals surface area contributed by atoms with E-state index in [0.29, 0.717) is 0 Å². The van der Waals surface area contributed by atoms with E-state index in [1.54, 1.807) is 0 Å². The van der Waals surface area contributed by atoms with Gasteiger partial charge in [-0.2, -0.15) is 43.2 Å². The number of alkyl halides is 6. The molecule has 0 saturated carbocycles. The van der Waals surface area contributed by atoms with Crippen molar-refractivity contribution in [3.63, 3.8) is 0 Å². The van der Waals surface area contributed by atoms with Gasteiger partial charge in [0.25, 0.3) is 0 Å². The highest BCUT2D eigenvalue weighted by molar-refractivity contribution is 7.86. The van der Waals surface area contributed by atoms with E-state index in [1.165, 1.54) is 45.1 Å². The fraction of sp³-hybridized carbons (Fsp3) is 0.857. The zero-order chi connectivity index (χ0) is 24.2. The van der Waals surface area contributed by atoms with E-state index in [2.05, 4.69) is 36.2 Å². The lowest BCUT2D eigenvalue weighted by molar-refractivity contribution is -0.0514. The van der Waals surface area contributed by atoms with E-state index in [0.717, 1.165) is 6.67 Å². The first-order valence-corrected chi connectivity index (χ1v) is 11.4. The Hall–Kier alpha value is -1.26. The molecular weight excluding hydrogens is 470 g/mol. The monoisotopic (exact) mass is 496 g/mol. The fourth-order valence-electron chi connectivity index (χ4n) is 1.83. The Morgan fingerprint density at radius 1 is 0.800 bits per heavy atom. The third kappa shape index (κ3) is 15.6. The van der Waals surface area contributed by atoms with Crippen LogP contribution in [0.4, 0.5) is 26.3 Å². The molecule has 0 unspecified atom stereocenters. The summed E-state index contributed by atoms with van der Waals surface area (Å²) in [7, 11) is -9.56. The van der Waals surface area contributed by atoms with Crippen molar-refractivity contribution < 1.29 is 52.3 Å². The van der Waals surface area contributed by atoms with E-state index < -0.39 is 31.3 Å². The average molecular weight is 496 g/mol. The van der Waals surface area contributed by atoms with Crippen LogP contribution in [0.25, 0.3) is 0 Å². The van der Waals surface area contributed by atoms with Crippen LogP contribution in [-0.2, 0) is 20.2 Å². The van der Waals surface area contributed by atoms with Gasteiger partial charge in [0.1, 0.15) is 0 Å². The molecule has 0 radical (unpaired) electrons. The smallest absolute Gasteiger partial charge is 0.362 e. The molecule has 0 aromatic rings. The topological polar surface area (TPSA) is 115 Å². The number of rotatable bonds is 7. The van der Waals surface area contributed by atoms with Crippen molar-refractivity contribution in [1.29, 1.82) is 0 Å². The maximum absolute atomic E-state index is 10.7. The van der Waals surface area contributed by atoms with Crippen LogP contribution in [0.15, 0.2) is 12.4 Å². The summed E-state index contributed by atoms with van der Waals surface area (Å²) in [6.07, 6.45) is 12.7. The van der Waals surface area contributed by atoms with Gasteiger partial charge in [-0.15, -0.1) is 0 Å². The normalized spacial score (nSPS) is 14.7. The largest absolute Gasteiger partial charge is 0.522 e. The minimum atomic E-state index is -5.84. The van der Waals surface area contributed by atoms with Crippen molar-refractivity contribution >= 4 is 20.2 Å². The molecule has 1 rings (SSSR count). The molecule has 1 aliphatic heterocycles. The summed E-state index contributed by atoms with van der Waals surface area (Å²) in [5.41, 5.74) is -11.1. The molecule has 8 nitrogen and oxygen atoms in total. The molecule has 0 aromatic heterocycles. The lowest BCUT2D eigenvalue weighted by atomic mass is 10.1. The molecule has 182 valence electrons. The van der Waals surface area contributed by atoms with Gasteiger partial charge < -0.3 is 9.80 Å². The first-order valence-electron chi connectivity index (χ1n) is 8.53. The van der Waals surface area contributed by atoms with Gasteiger partial charge in [-0.1, -0.05) is 39.0 Å². The molecule has 1 heterocycles. The summed E-state index contributed by atoms with van der Waals surface area (Å²) >= 11 is 0. The lowest BCUT2D eigenvalue weighted by Crippen LogP contribution is -2.23. The quantitative estimate of drug-likeness (QED) is 0.237. The Bertz CT molecular complexity index is 665. The van der Waals surface area contributed by atoms with Crippen molar-refractivity contribution in [2.75, 3.05) is 20.3 Å². The van der Waals surface area contributed by atoms with E-state index in [1.807, 2.05) is 0 Å². The molecule has 0 amide bonds. The number of halogens is 6. The molecule has 30 heavy (non-hydrogen) atoms. The zero-order valence-electron chi connectivity index (χ0n) is 16.3. The van der Waals surface area contributed by atoms with E-state index in [-0.39, 0.29) is 0 Å². The highest BCUT2D eigenvalue weighted by Crippen LogP contribution is 2.21. The van der Waals surface area contributed by atoms with E-state index >= 15 is 0 Å². The first kappa shape index (κ1) is 30.9. The first-order chi connectivity index (χ1) is 13.3. The fourth-order valence-corrected chi connectivity index (χ4v) is 1.83. The van der Waals surface area contributed by atoms with E-state index in [4.69, 9.17) is 25.9 Å². The van der Waals surface area contributed by atoms with Gasteiger partial charge in [0.05, 0.1) is 6.67 Å². The van der Waals surface area contributed by atoms with Crippen LogP contribution < -0.4 is 0 Å². The Morgan fingerprint density at radius 3 is 1.47 bits per heavy atom. The Kier molecular flexibility index (Phi) is 13.6. The molecule has 0 aliphatic carbocycles. The summed E-state index contributed by atoms with van der Waals surface area (Å²) in [5, 5.41) is 0. The summed E-state index contributed by atoms with van der Waals surface area (Å²) < 4.78 is 115. The Balaban J connectivity index is 0. The molecular formula is C14H26F6N2O6S2. The number of hydrogen-bond donors (Lipinski definition) is 2. The van der Waals surface area contributed by atoms with Crippen LogP contribution in [0.3, 0.4) is 0 Å². The molecule has 0 atom stereocenters. The van der Waals surface area contributed by atoms with Gasteiger partial charge >= 0.3 is 31.3 Å². The van der Waals surface area contributed by atoms with Crippen molar-refractivity contribution in [2.45, 2.75) is 56.5 Å². The molecule has 0 spiro atoms. The maximum Gasteiger partial charge on any atom is 0.522 e. The van der Waals surface area contributed by atoms with Gasteiger partial charge in [-0.05, 0) is 6.42 Å². The van der Waals surface area contributed by atoms with Gasteiger partial charge in [-0.3, -0.25) is 9.11 Å². The minimum absolute atomic E-state index is 1.08. The van der Waals surface area contributed by atoms with Crippen LogP contribution in [0.1, 0.15) is 45.4 Å². The van der Waals surface area contributed by atoms with Crippen molar-refractivity contribution in [1.82, 2.24) is 9.80 Å². The van der Waals surface area contributed by atoms with Crippen molar-refractivity contribution in [3.8, 4) is 0 Å². The predicted octanol–water partition coefficient (Wildman–Crippen LogP) is 3.81. The molecule has 0 fully saturated rings. The van der Waals surface area contributed by atoms with Gasteiger partial charge in [-0.25, -0.2) is 0 Å².